The largest absolute Gasteiger partial charge is 0.494 e. The minimum absolute atomic E-state index is 0.0449. The molecular weight excluding hydrogens is 314 g/mol. The van der Waals surface area contributed by atoms with E-state index in [9.17, 15) is 14.2 Å². The maximum absolute atomic E-state index is 14.3. The van der Waals surface area contributed by atoms with Crippen LogP contribution in [0.3, 0.4) is 0 Å². The topological polar surface area (TPSA) is 65.0 Å². The van der Waals surface area contributed by atoms with Crippen LogP contribution in [-0.2, 0) is 20.8 Å². The molecule has 3 rings (SSSR count). The van der Waals surface area contributed by atoms with Gasteiger partial charge in [0.05, 0.1) is 6.61 Å². The molecule has 1 aromatic carbocycles. The van der Waals surface area contributed by atoms with E-state index >= 15 is 0 Å². The first-order chi connectivity index (χ1) is 11.6. The van der Waals surface area contributed by atoms with Crippen LogP contribution >= 0.6 is 0 Å². The van der Waals surface area contributed by atoms with Crippen LogP contribution in [0, 0.1) is 5.82 Å². The van der Waals surface area contributed by atoms with Gasteiger partial charge in [0, 0.05) is 5.46 Å². The highest BCUT2D eigenvalue weighted by Crippen LogP contribution is 2.21. The second-order valence-electron chi connectivity index (χ2n) is 5.07. The Morgan fingerprint density at radius 1 is 1.25 bits per heavy atom. The highest BCUT2D eigenvalue weighted by atomic mass is 19.1. The van der Waals surface area contributed by atoms with E-state index < -0.39 is 25.5 Å². The number of ether oxygens (including phenoxy) is 2. The van der Waals surface area contributed by atoms with E-state index in [1.54, 1.807) is 42.5 Å². The van der Waals surface area contributed by atoms with Crippen molar-refractivity contribution < 1.29 is 28.3 Å². The number of fused-ring (bicyclic) bond motifs is 1. The zero-order chi connectivity index (χ0) is 16.9. The first-order valence-electron chi connectivity index (χ1n) is 7.31. The summed E-state index contributed by atoms with van der Waals surface area (Å²) in [6, 6.07) is 2.98. The molecular formula is C17H14BFO5. The summed E-state index contributed by atoms with van der Waals surface area (Å²) in [4.78, 5) is 11.8. The monoisotopic (exact) mass is 328 g/mol. The molecule has 0 saturated heterocycles. The third-order valence-electron chi connectivity index (χ3n) is 3.42. The quantitative estimate of drug-likeness (QED) is 0.671. The smallest absolute Gasteiger partial charge is 0.479 e. The first-order valence-corrected chi connectivity index (χ1v) is 7.31. The Labute approximate surface area is 138 Å². The highest BCUT2D eigenvalue weighted by molar-refractivity contribution is 6.61. The van der Waals surface area contributed by atoms with Gasteiger partial charge in [0.15, 0.2) is 18.2 Å². The molecule has 2 aliphatic rings. The van der Waals surface area contributed by atoms with Gasteiger partial charge in [0.2, 0.25) is 0 Å². The molecule has 122 valence electrons. The lowest BCUT2D eigenvalue weighted by molar-refractivity contribution is -0.141. The zero-order valence-electron chi connectivity index (χ0n) is 12.6. The molecule has 0 spiro atoms. The molecule has 0 atom stereocenters. The summed E-state index contributed by atoms with van der Waals surface area (Å²) in [5.41, 5.74) is 0.600. The van der Waals surface area contributed by atoms with Gasteiger partial charge in [0.25, 0.3) is 0 Å². The minimum atomic E-state index is -1.32. The molecule has 0 aromatic heterocycles. The Morgan fingerprint density at radius 3 is 2.92 bits per heavy atom. The van der Waals surface area contributed by atoms with Crippen molar-refractivity contribution in [2.45, 2.75) is 6.61 Å². The van der Waals surface area contributed by atoms with Crippen LogP contribution in [0.2, 0.25) is 0 Å². The number of carbonyl (C=O) groups excluding carboxylic acids is 1. The fraction of sp³-hybridized carbons (Fsp3) is 0.118. The van der Waals surface area contributed by atoms with Gasteiger partial charge in [-0.25, -0.2) is 9.18 Å². The third-order valence-corrected chi connectivity index (χ3v) is 3.42. The van der Waals surface area contributed by atoms with Crippen molar-refractivity contribution >= 4 is 18.6 Å². The molecule has 1 heterocycles. The molecule has 0 saturated carbocycles. The van der Waals surface area contributed by atoms with E-state index in [-0.39, 0.29) is 17.8 Å². The van der Waals surface area contributed by atoms with Crippen molar-refractivity contribution in [1.82, 2.24) is 0 Å². The Bertz CT molecular complexity index is 766. The molecule has 1 aliphatic carbocycles. The Balaban J connectivity index is 1.62. The summed E-state index contributed by atoms with van der Waals surface area (Å²) >= 11 is 0. The molecule has 1 aliphatic heterocycles. The average molecular weight is 328 g/mol. The van der Waals surface area contributed by atoms with E-state index in [1.165, 1.54) is 6.07 Å². The fourth-order valence-electron chi connectivity index (χ4n) is 2.28. The van der Waals surface area contributed by atoms with E-state index in [1.807, 2.05) is 6.08 Å². The molecule has 24 heavy (non-hydrogen) atoms. The summed E-state index contributed by atoms with van der Waals surface area (Å²) in [5.74, 6) is -1.19. The van der Waals surface area contributed by atoms with Crippen LogP contribution in [0.5, 0.6) is 5.75 Å². The van der Waals surface area contributed by atoms with Crippen LogP contribution in [-0.4, -0.2) is 24.7 Å². The molecule has 1 N–H and O–H groups in total. The molecule has 5 nitrogen and oxygen atoms in total. The Kier molecular flexibility index (Phi) is 4.93. The van der Waals surface area contributed by atoms with E-state index in [0.717, 1.165) is 0 Å². The summed E-state index contributed by atoms with van der Waals surface area (Å²) in [7, 11) is -1.32. The number of hydrogen-bond donors (Lipinski definition) is 1. The number of esters is 1. The van der Waals surface area contributed by atoms with Crippen LogP contribution in [0.15, 0.2) is 60.4 Å². The average Bonchev–Trinajstić information content (AvgIpc) is 2.91. The lowest BCUT2D eigenvalue weighted by Gasteiger charge is -2.10. The summed E-state index contributed by atoms with van der Waals surface area (Å²) in [6.45, 7) is -0.324. The van der Waals surface area contributed by atoms with Crippen LogP contribution in [0.1, 0.15) is 5.56 Å². The second-order valence-corrected chi connectivity index (χ2v) is 5.07. The first kappa shape index (κ1) is 16.2. The van der Waals surface area contributed by atoms with Gasteiger partial charge < -0.3 is 19.2 Å². The SMILES string of the molecule is O=C(COc1ccc2c(c1F)B(O)OC2)OC1=C/C=C\C=C/C=C\1. The maximum Gasteiger partial charge on any atom is 0.494 e. The number of benzene rings is 1. The van der Waals surface area contributed by atoms with Gasteiger partial charge in [-0.05, 0) is 23.8 Å². The molecule has 7 heteroatoms. The van der Waals surface area contributed by atoms with Crippen molar-refractivity contribution in [2.24, 2.45) is 0 Å². The number of allylic oxidation sites excluding steroid dienone is 7. The molecule has 0 amide bonds. The van der Waals surface area contributed by atoms with Crippen molar-refractivity contribution in [3.63, 3.8) is 0 Å². The zero-order valence-corrected chi connectivity index (χ0v) is 12.6. The summed E-state index contributed by atoms with van der Waals surface area (Å²) < 4.78 is 29.5. The number of carbonyl (C=O) groups is 1. The molecule has 0 unspecified atom stereocenters. The van der Waals surface area contributed by atoms with Crippen molar-refractivity contribution in [2.75, 3.05) is 6.61 Å². The van der Waals surface area contributed by atoms with Crippen LogP contribution in [0.25, 0.3) is 0 Å². The van der Waals surface area contributed by atoms with Gasteiger partial charge in [-0.3, -0.25) is 0 Å². The Morgan fingerprint density at radius 2 is 2.04 bits per heavy atom. The number of halogens is 1. The predicted molar refractivity (Wildman–Crippen MR) is 85.9 cm³/mol. The van der Waals surface area contributed by atoms with Gasteiger partial charge in [-0.2, -0.15) is 0 Å². The van der Waals surface area contributed by atoms with Crippen molar-refractivity contribution in [1.29, 1.82) is 0 Å². The summed E-state index contributed by atoms with van der Waals surface area (Å²) in [6.07, 6.45) is 12.1. The van der Waals surface area contributed by atoms with Gasteiger partial charge >= 0.3 is 13.1 Å². The fourth-order valence-corrected chi connectivity index (χ4v) is 2.28. The lowest BCUT2D eigenvalue weighted by atomic mass is 9.79. The predicted octanol–water partition coefficient (Wildman–Crippen LogP) is 1.53. The maximum atomic E-state index is 14.3. The standard InChI is InChI=1S/C17H14BFO5/c19-17-14(9-8-12-10-23-18(21)16(12)17)22-11-15(20)24-13-6-4-2-1-3-5-7-13/h1-9,21H,10-11H2/b2-1-,3-1?,4-2?,5-3-,6-4-,7-5?,13-6?,13-7+. The normalized spacial score (nSPS) is 21.8. The second kappa shape index (κ2) is 7.29. The van der Waals surface area contributed by atoms with Gasteiger partial charge in [-0.1, -0.05) is 36.4 Å². The molecule has 1 aromatic rings. The molecule has 0 radical (unpaired) electrons. The Hall–Kier alpha value is -2.64. The number of rotatable bonds is 4. The van der Waals surface area contributed by atoms with E-state index in [4.69, 9.17) is 14.1 Å². The van der Waals surface area contributed by atoms with Gasteiger partial charge in [0.1, 0.15) is 5.76 Å². The van der Waals surface area contributed by atoms with E-state index in [0.29, 0.717) is 11.3 Å². The van der Waals surface area contributed by atoms with E-state index in [2.05, 4.69) is 0 Å². The third kappa shape index (κ3) is 3.64. The van der Waals surface area contributed by atoms with Crippen LogP contribution in [0.4, 0.5) is 4.39 Å². The number of hydrogen-bond acceptors (Lipinski definition) is 5. The van der Waals surface area contributed by atoms with Crippen LogP contribution < -0.4 is 10.2 Å². The minimum Gasteiger partial charge on any atom is -0.479 e. The summed E-state index contributed by atoms with van der Waals surface area (Å²) in [5, 5.41) is 9.59. The van der Waals surface area contributed by atoms with Gasteiger partial charge in [-0.15, -0.1) is 0 Å². The van der Waals surface area contributed by atoms with Crippen molar-refractivity contribution in [3.8, 4) is 5.75 Å². The molecule has 0 bridgehead atoms. The molecule has 0 fully saturated rings. The lowest BCUT2D eigenvalue weighted by Crippen LogP contribution is -2.31. The van der Waals surface area contributed by atoms with Crippen molar-refractivity contribution in [3.05, 3.63) is 71.8 Å². The highest BCUT2D eigenvalue weighted by Gasteiger charge is 2.32.